The Morgan fingerprint density at radius 1 is 1.04 bits per heavy atom. The van der Waals surface area contributed by atoms with E-state index in [1.165, 1.54) is 25.1 Å². The van der Waals surface area contributed by atoms with E-state index in [4.69, 9.17) is 4.74 Å². The molecule has 134 valence electrons. The molecule has 0 aromatic heterocycles. The third kappa shape index (κ3) is 4.17. The average Bonchev–Trinajstić information content (AvgIpc) is 2.59. The van der Waals surface area contributed by atoms with Gasteiger partial charge in [0.25, 0.3) is 0 Å². The molecule has 2 aromatic rings. The van der Waals surface area contributed by atoms with E-state index in [1.807, 2.05) is 0 Å². The van der Waals surface area contributed by atoms with Gasteiger partial charge in [0.15, 0.2) is 0 Å². The molecule has 0 aliphatic heterocycles. The molecule has 0 bridgehead atoms. The molecule has 0 saturated heterocycles. The normalized spacial score (nSPS) is 14.0. The first-order chi connectivity index (χ1) is 11.7. The van der Waals surface area contributed by atoms with Crippen LogP contribution in [0.2, 0.25) is 0 Å². The quantitative estimate of drug-likeness (QED) is 0.654. The monoisotopic (exact) mass is 356 g/mol. The van der Waals surface area contributed by atoms with Crippen molar-refractivity contribution in [2.75, 3.05) is 6.61 Å². The molecule has 0 saturated carbocycles. The molecule has 0 spiro atoms. The number of carbonyl (C=O) groups is 1. The van der Waals surface area contributed by atoms with Gasteiger partial charge in [0.1, 0.15) is 17.8 Å². The minimum Gasteiger partial charge on any atom is -0.460 e. The molecule has 7 heteroatoms. The molecule has 25 heavy (non-hydrogen) atoms. The van der Waals surface area contributed by atoms with Gasteiger partial charge in [0.2, 0.25) is 0 Å². The lowest BCUT2D eigenvalue weighted by molar-refractivity contribution is -0.153. The maximum atomic E-state index is 13.6. The standard InChI is InChI=1S/C18H16F4O3/c1-17(11-23,13-6-8-14(9-7-13)18(20,21)22)16(24)25-10-12-4-2-3-5-15(12)19/h2-9,23H,10-11H2,1H3. The van der Waals surface area contributed by atoms with Crippen LogP contribution in [0.3, 0.4) is 0 Å². The molecule has 3 nitrogen and oxygen atoms in total. The number of halogens is 4. The first kappa shape index (κ1) is 18.9. The Kier molecular flexibility index (Phi) is 5.47. The lowest BCUT2D eigenvalue weighted by atomic mass is 9.83. The number of esters is 1. The Morgan fingerprint density at radius 2 is 1.60 bits per heavy atom. The molecule has 2 aromatic carbocycles. The van der Waals surface area contributed by atoms with E-state index in [0.29, 0.717) is 0 Å². The van der Waals surface area contributed by atoms with Crippen molar-refractivity contribution >= 4 is 5.97 Å². The van der Waals surface area contributed by atoms with Crippen molar-refractivity contribution in [3.8, 4) is 0 Å². The zero-order valence-corrected chi connectivity index (χ0v) is 13.3. The summed E-state index contributed by atoms with van der Waals surface area (Å²) in [5.74, 6) is -1.41. The van der Waals surface area contributed by atoms with E-state index in [9.17, 15) is 27.5 Å². The molecule has 0 fully saturated rings. The SMILES string of the molecule is CC(CO)(C(=O)OCc1ccccc1F)c1ccc(C(F)(F)F)cc1. The number of rotatable bonds is 5. The van der Waals surface area contributed by atoms with Crippen LogP contribution in [-0.4, -0.2) is 17.7 Å². The van der Waals surface area contributed by atoms with E-state index in [2.05, 4.69) is 0 Å². The minimum atomic E-state index is -4.50. The smallest absolute Gasteiger partial charge is 0.416 e. The van der Waals surface area contributed by atoms with Crippen molar-refractivity contribution in [1.29, 1.82) is 0 Å². The zero-order valence-electron chi connectivity index (χ0n) is 13.3. The fourth-order valence-electron chi connectivity index (χ4n) is 2.22. The van der Waals surface area contributed by atoms with Gasteiger partial charge in [-0.15, -0.1) is 0 Å². The molecule has 1 unspecified atom stereocenters. The molecule has 1 N–H and O–H groups in total. The summed E-state index contributed by atoms with van der Waals surface area (Å²) in [6.07, 6.45) is -4.50. The van der Waals surface area contributed by atoms with Gasteiger partial charge in [-0.2, -0.15) is 13.2 Å². The summed E-state index contributed by atoms with van der Waals surface area (Å²) in [6.45, 7) is 0.329. The minimum absolute atomic E-state index is 0.156. The van der Waals surface area contributed by atoms with Gasteiger partial charge in [-0.1, -0.05) is 30.3 Å². The van der Waals surface area contributed by atoms with Crippen molar-refractivity contribution in [2.45, 2.75) is 25.1 Å². The van der Waals surface area contributed by atoms with Gasteiger partial charge in [-0.25, -0.2) is 4.39 Å². The maximum Gasteiger partial charge on any atom is 0.416 e. The fourth-order valence-corrected chi connectivity index (χ4v) is 2.22. The fraction of sp³-hybridized carbons (Fsp3) is 0.278. The van der Waals surface area contributed by atoms with Crippen LogP contribution >= 0.6 is 0 Å². The Balaban J connectivity index is 2.18. The van der Waals surface area contributed by atoms with Gasteiger partial charge in [0, 0.05) is 5.56 Å². The van der Waals surface area contributed by atoms with Crippen LogP contribution in [0.5, 0.6) is 0 Å². The Bertz CT molecular complexity index is 741. The van der Waals surface area contributed by atoms with Gasteiger partial charge in [-0.05, 0) is 30.7 Å². The largest absolute Gasteiger partial charge is 0.460 e. The van der Waals surface area contributed by atoms with Crippen LogP contribution in [0.15, 0.2) is 48.5 Å². The van der Waals surface area contributed by atoms with Crippen LogP contribution in [0.1, 0.15) is 23.6 Å². The van der Waals surface area contributed by atoms with Crippen LogP contribution in [0.4, 0.5) is 17.6 Å². The molecule has 1 atom stereocenters. The Hall–Kier alpha value is -2.41. The average molecular weight is 356 g/mol. The summed E-state index contributed by atoms with van der Waals surface area (Å²) in [4.78, 5) is 12.3. The first-order valence-corrected chi connectivity index (χ1v) is 7.37. The number of carbonyl (C=O) groups excluding carboxylic acids is 1. The third-order valence-corrected chi connectivity index (χ3v) is 3.93. The van der Waals surface area contributed by atoms with Crippen molar-refractivity contribution in [3.63, 3.8) is 0 Å². The third-order valence-electron chi connectivity index (χ3n) is 3.93. The van der Waals surface area contributed by atoms with Crippen molar-refractivity contribution < 1.29 is 32.2 Å². The first-order valence-electron chi connectivity index (χ1n) is 7.37. The topological polar surface area (TPSA) is 46.5 Å². The van der Waals surface area contributed by atoms with E-state index >= 15 is 0 Å². The highest BCUT2D eigenvalue weighted by molar-refractivity contribution is 5.83. The second-order valence-corrected chi connectivity index (χ2v) is 5.73. The summed E-state index contributed by atoms with van der Waals surface area (Å²) >= 11 is 0. The number of hydrogen-bond acceptors (Lipinski definition) is 3. The van der Waals surface area contributed by atoms with Crippen LogP contribution in [0, 0.1) is 5.82 Å². The van der Waals surface area contributed by atoms with E-state index in [-0.39, 0.29) is 17.7 Å². The van der Waals surface area contributed by atoms with Gasteiger partial charge in [-0.3, -0.25) is 4.79 Å². The molecular weight excluding hydrogens is 340 g/mol. The highest BCUT2D eigenvalue weighted by Gasteiger charge is 2.38. The van der Waals surface area contributed by atoms with Gasteiger partial charge >= 0.3 is 12.1 Å². The predicted molar refractivity (Wildman–Crippen MR) is 82.1 cm³/mol. The van der Waals surface area contributed by atoms with Crippen molar-refractivity contribution in [2.24, 2.45) is 0 Å². The zero-order chi connectivity index (χ0) is 18.7. The molecule has 0 aliphatic rings. The highest BCUT2D eigenvalue weighted by Crippen LogP contribution is 2.32. The number of aliphatic hydroxyl groups is 1. The van der Waals surface area contributed by atoms with Crippen LogP contribution in [-0.2, 0) is 27.7 Å². The molecule has 0 radical (unpaired) electrons. The molecule has 2 rings (SSSR count). The summed E-state index contributed by atoms with van der Waals surface area (Å²) in [7, 11) is 0. The lowest BCUT2D eigenvalue weighted by Gasteiger charge is -2.26. The van der Waals surface area contributed by atoms with Crippen molar-refractivity contribution in [3.05, 3.63) is 71.0 Å². The molecule has 0 heterocycles. The van der Waals surface area contributed by atoms with Gasteiger partial charge in [0.05, 0.1) is 12.2 Å². The highest BCUT2D eigenvalue weighted by atomic mass is 19.4. The van der Waals surface area contributed by atoms with Crippen LogP contribution in [0.25, 0.3) is 0 Å². The molecule has 0 amide bonds. The summed E-state index contributed by atoms with van der Waals surface area (Å²) in [5, 5.41) is 9.59. The second-order valence-electron chi connectivity index (χ2n) is 5.73. The van der Waals surface area contributed by atoms with E-state index in [0.717, 1.165) is 24.3 Å². The van der Waals surface area contributed by atoms with Crippen molar-refractivity contribution in [1.82, 2.24) is 0 Å². The number of ether oxygens (including phenoxy) is 1. The summed E-state index contributed by atoms with van der Waals surface area (Å²) in [6, 6.07) is 9.60. The van der Waals surface area contributed by atoms with E-state index < -0.39 is 35.5 Å². The van der Waals surface area contributed by atoms with E-state index in [1.54, 1.807) is 6.07 Å². The summed E-state index contributed by atoms with van der Waals surface area (Å²) < 4.78 is 56.5. The Morgan fingerprint density at radius 3 is 2.12 bits per heavy atom. The number of hydrogen-bond donors (Lipinski definition) is 1. The number of aliphatic hydroxyl groups excluding tert-OH is 1. The molecule has 0 aliphatic carbocycles. The summed E-state index contributed by atoms with van der Waals surface area (Å²) in [5.41, 5.74) is -2.10. The second kappa shape index (κ2) is 7.23. The predicted octanol–water partition coefficient (Wildman–Crippen LogP) is 3.84. The maximum absolute atomic E-state index is 13.6. The van der Waals surface area contributed by atoms with Crippen LogP contribution < -0.4 is 0 Å². The Labute approximate surface area is 141 Å². The number of alkyl halides is 3. The lowest BCUT2D eigenvalue weighted by Crippen LogP contribution is -2.38. The molecular formula is C18H16F4O3. The number of benzene rings is 2. The van der Waals surface area contributed by atoms with Gasteiger partial charge < -0.3 is 9.84 Å².